The van der Waals surface area contributed by atoms with E-state index in [9.17, 15) is 9.59 Å². The third-order valence-corrected chi connectivity index (χ3v) is 3.07. The molecule has 0 aliphatic carbocycles. The Morgan fingerprint density at radius 1 is 1.35 bits per heavy atom. The number of carboxylic acids is 1. The quantitative estimate of drug-likeness (QED) is 0.528. The summed E-state index contributed by atoms with van der Waals surface area (Å²) in [5, 5.41) is 9.89. The van der Waals surface area contributed by atoms with Crippen molar-refractivity contribution >= 4 is 28.5 Å². The van der Waals surface area contributed by atoms with E-state index in [0.717, 1.165) is 10.9 Å². The van der Waals surface area contributed by atoms with Gasteiger partial charge < -0.3 is 14.3 Å². The number of hydrogen-bond acceptors (Lipinski definition) is 4. The first kappa shape index (κ1) is 13.9. The zero-order chi connectivity index (χ0) is 15.0. The van der Waals surface area contributed by atoms with Crippen molar-refractivity contribution in [2.75, 3.05) is 0 Å². The number of fused-ring (bicyclic) bond motifs is 1. The monoisotopic (exact) mass is 274 g/mol. The minimum absolute atomic E-state index is 0.133. The molecule has 0 amide bonds. The van der Waals surface area contributed by atoms with Crippen LogP contribution in [0.1, 0.15) is 23.6 Å². The van der Waals surface area contributed by atoms with Crippen LogP contribution >= 0.6 is 0 Å². The van der Waals surface area contributed by atoms with Crippen molar-refractivity contribution in [3.8, 4) is 5.75 Å². The molecule has 5 nitrogen and oxygen atoms in total. The van der Waals surface area contributed by atoms with E-state index in [4.69, 9.17) is 14.3 Å². The summed E-state index contributed by atoms with van der Waals surface area (Å²) < 4.78 is 10.6. The van der Waals surface area contributed by atoms with Gasteiger partial charge in [-0.25, -0.2) is 4.79 Å². The van der Waals surface area contributed by atoms with Gasteiger partial charge in [0.2, 0.25) is 0 Å². The highest BCUT2D eigenvalue weighted by Crippen LogP contribution is 2.37. The van der Waals surface area contributed by atoms with Gasteiger partial charge >= 0.3 is 11.9 Å². The van der Waals surface area contributed by atoms with E-state index in [0.29, 0.717) is 11.1 Å². The van der Waals surface area contributed by atoms with E-state index in [1.807, 2.05) is 6.92 Å². The smallest absolute Gasteiger partial charge is 0.335 e. The van der Waals surface area contributed by atoms with Crippen LogP contribution in [0.2, 0.25) is 0 Å². The molecule has 104 valence electrons. The summed E-state index contributed by atoms with van der Waals surface area (Å²) in [6.07, 6.45) is 1.57. The summed E-state index contributed by atoms with van der Waals surface area (Å²) in [6.45, 7) is 8.35. The van der Waals surface area contributed by atoms with E-state index in [-0.39, 0.29) is 16.9 Å². The Balaban J connectivity index is 2.80. The minimum atomic E-state index is -1.17. The molecule has 5 heteroatoms. The highest BCUT2D eigenvalue weighted by molar-refractivity contribution is 6.16. The fraction of sp³-hybridized carbons (Fsp3) is 0.200. The number of carbonyl (C=O) groups excluding carboxylic acids is 1. The predicted octanol–water partition coefficient (Wildman–Crippen LogP) is 3.07. The largest absolute Gasteiger partial charge is 0.478 e. The second kappa shape index (κ2) is 4.85. The Kier molecular flexibility index (Phi) is 3.36. The number of ether oxygens (including phenoxy) is 1. The summed E-state index contributed by atoms with van der Waals surface area (Å²) in [5.74, 6) is -1.53. The average Bonchev–Trinajstić information content (AvgIpc) is 2.73. The van der Waals surface area contributed by atoms with Gasteiger partial charge in [-0.3, -0.25) is 4.79 Å². The highest BCUT2D eigenvalue weighted by Gasteiger charge is 2.21. The van der Waals surface area contributed by atoms with Crippen LogP contribution in [0.4, 0.5) is 0 Å². The number of hydrogen-bond donors (Lipinski definition) is 1. The second-order valence-electron chi connectivity index (χ2n) is 4.55. The number of rotatable bonds is 3. The Labute approximate surface area is 115 Å². The van der Waals surface area contributed by atoms with Gasteiger partial charge in [-0.15, -0.1) is 0 Å². The van der Waals surface area contributed by atoms with Crippen molar-refractivity contribution in [1.29, 1.82) is 0 Å². The molecule has 0 aliphatic heterocycles. The predicted molar refractivity (Wildman–Crippen MR) is 73.7 cm³/mol. The Bertz CT molecular complexity index is 736. The topological polar surface area (TPSA) is 76.7 Å². The molecular formula is C15H14O5. The first-order valence-electron chi connectivity index (χ1n) is 5.95. The lowest BCUT2D eigenvalue weighted by atomic mass is 9.99. The molecule has 1 N–H and O–H groups in total. The standard InChI is InChI=1S/C15H14O5/c1-7-6-19-13-9(3)14(20-10(4)16)12(5-11(7)13)8(2)15(17)18/h5-6H,2H2,1,3-4H3,(H,17,18). The van der Waals surface area contributed by atoms with Crippen LogP contribution in [-0.2, 0) is 9.59 Å². The van der Waals surface area contributed by atoms with E-state index >= 15 is 0 Å². The first-order valence-corrected chi connectivity index (χ1v) is 5.95. The number of aryl methyl sites for hydroxylation is 2. The molecule has 2 aromatic rings. The van der Waals surface area contributed by atoms with Gasteiger partial charge in [0.25, 0.3) is 0 Å². The van der Waals surface area contributed by atoms with Crippen LogP contribution in [-0.4, -0.2) is 17.0 Å². The number of furan rings is 1. The van der Waals surface area contributed by atoms with E-state index < -0.39 is 11.9 Å². The van der Waals surface area contributed by atoms with Gasteiger partial charge in [0.05, 0.1) is 11.8 Å². The maximum Gasteiger partial charge on any atom is 0.335 e. The maximum atomic E-state index is 11.2. The molecule has 0 radical (unpaired) electrons. The van der Waals surface area contributed by atoms with Gasteiger partial charge in [-0.05, 0) is 25.5 Å². The molecule has 0 spiro atoms. The Hall–Kier alpha value is -2.56. The lowest BCUT2D eigenvalue weighted by Crippen LogP contribution is -2.08. The van der Waals surface area contributed by atoms with E-state index in [1.54, 1.807) is 19.3 Å². The summed E-state index contributed by atoms with van der Waals surface area (Å²) in [7, 11) is 0. The Morgan fingerprint density at radius 3 is 2.55 bits per heavy atom. The summed E-state index contributed by atoms with van der Waals surface area (Å²) in [5.41, 5.74) is 2.16. The number of carboxylic acid groups (broad SMARTS) is 1. The Morgan fingerprint density at radius 2 is 2.00 bits per heavy atom. The van der Waals surface area contributed by atoms with Crippen molar-refractivity contribution in [1.82, 2.24) is 0 Å². The third-order valence-electron chi connectivity index (χ3n) is 3.07. The zero-order valence-corrected chi connectivity index (χ0v) is 11.4. The van der Waals surface area contributed by atoms with Gasteiger partial charge in [0, 0.05) is 23.4 Å². The second-order valence-corrected chi connectivity index (χ2v) is 4.55. The summed E-state index contributed by atoms with van der Waals surface area (Å²) >= 11 is 0. The molecule has 1 heterocycles. The van der Waals surface area contributed by atoms with Gasteiger partial charge in [0.1, 0.15) is 11.3 Å². The van der Waals surface area contributed by atoms with Crippen molar-refractivity contribution in [3.05, 3.63) is 35.6 Å². The summed E-state index contributed by atoms with van der Waals surface area (Å²) in [6, 6.07) is 1.62. The maximum absolute atomic E-state index is 11.2. The molecular weight excluding hydrogens is 260 g/mol. The molecule has 1 aromatic carbocycles. The highest BCUT2D eigenvalue weighted by atomic mass is 16.5. The fourth-order valence-electron chi connectivity index (χ4n) is 2.05. The molecule has 20 heavy (non-hydrogen) atoms. The van der Waals surface area contributed by atoms with Crippen molar-refractivity contribution in [2.45, 2.75) is 20.8 Å². The molecule has 0 fully saturated rings. The SMILES string of the molecule is C=C(C(=O)O)c1cc2c(C)coc2c(C)c1OC(C)=O. The number of carbonyl (C=O) groups is 2. The number of esters is 1. The lowest BCUT2D eigenvalue weighted by Gasteiger charge is -2.12. The third kappa shape index (κ3) is 2.18. The molecule has 0 bridgehead atoms. The van der Waals surface area contributed by atoms with Crippen LogP contribution < -0.4 is 4.74 Å². The molecule has 0 saturated carbocycles. The van der Waals surface area contributed by atoms with Crippen LogP contribution in [0.3, 0.4) is 0 Å². The molecule has 2 rings (SSSR count). The van der Waals surface area contributed by atoms with E-state index in [2.05, 4.69) is 6.58 Å². The lowest BCUT2D eigenvalue weighted by molar-refractivity contribution is -0.132. The minimum Gasteiger partial charge on any atom is -0.478 e. The molecule has 0 saturated heterocycles. The van der Waals surface area contributed by atoms with Crippen molar-refractivity contribution < 1.29 is 23.8 Å². The summed E-state index contributed by atoms with van der Waals surface area (Å²) in [4.78, 5) is 22.4. The van der Waals surface area contributed by atoms with E-state index in [1.165, 1.54) is 6.92 Å². The van der Waals surface area contributed by atoms with Gasteiger partial charge in [-0.1, -0.05) is 6.58 Å². The first-order chi connectivity index (χ1) is 9.32. The number of benzene rings is 1. The normalized spacial score (nSPS) is 10.6. The fourth-order valence-corrected chi connectivity index (χ4v) is 2.05. The van der Waals surface area contributed by atoms with Crippen LogP contribution in [0.5, 0.6) is 5.75 Å². The van der Waals surface area contributed by atoms with Crippen molar-refractivity contribution in [2.24, 2.45) is 0 Å². The van der Waals surface area contributed by atoms with Crippen LogP contribution in [0.25, 0.3) is 16.5 Å². The molecule has 1 aromatic heterocycles. The molecule has 0 atom stereocenters. The van der Waals surface area contributed by atoms with Crippen LogP contribution in [0, 0.1) is 13.8 Å². The van der Waals surface area contributed by atoms with Gasteiger partial charge in [-0.2, -0.15) is 0 Å². The number of aliphatic carboxylic acids is 1. The molecule has 0 aliphatic rings. The van der Waals surface area contributed by atoms with Crippen molar-refractivity contribution in [3.63, 3.8) is 0 Å². The van der Waals surface area contributed by atoms with Crippen LogP contribution in [0.15, 0.2) is 23.3 Å². The van der Waals surface area contributed by atoms with Gasteiger partial charge in [0.15, 0.2) is 0 Å². The average molecular weight is 274 g/mol. The molecule has 0 unspecified atom stereocenters. The zero-order valence-electron chi connectivity index (χ0n) is 11.4.